The fraction of sp³-hybridized carbons (Fsp3) is 0.211. The smallest absolute Gasteiger partial charge is 0.0981 e. The number of hydrogen-bond acceptors (Lipinski definition) is 4. The van der Waals surface area contributed by atoms with Crippen molar-refractivity contribution < 1.29 is 5.21 Å². The number of rotatable bonds is 4. The molecule has 0 radical (unpaired) electrons. The van der Waals surface area contributed by atoms with Crippen LogP contribution >= 0.6 is 0 Å². The van der Waals surface area contributed by atoms with Crippen molar-refractivity contribution in [3.8, 4) is 6.07 Å². The predicted molar refractivity (Wildman–Crippen MR) is 89.2 cm³/mol. The molecule has 0 spiro atoms. The van der Waals surface area contributed by atoms with Gasteiger partial charge in [0.2, 0.25) is 0 Å². The molecule has 0 fully saturated rings. The molecule has 4 nitrogen and oxygen atoms in total. The molecule has 0 saturated heterocycles. The monoisotopic (exact) mass is 305 g/mol. The summed E-state index contributed by atoms with van der Waals surface area (Å²) in [6.07, 6.45) is 2.54. The molecule has 4 heteroatoms. The van der Waals surface area contributed by atoms with Crippen molar-refractivity contribution in [2.45, 2.75) is 19.4 Å². The Morgan fingerprint density at radius 3 is 2.30 bits per heavy atom. The molecule has 3 rings (SSSR count). The second-order valence-electron chi connectivity index (χ2n) is 5.72. The van der Waals surface area contributed by atoms with E-state index in [1.54, 1.807) is 0 Å². The summed E-state index contributed by atoms with van der Waals surface area (Å²) in [5, 5.41) is 22.7. The largest absolute Gasteiger partial charge is 0.269 e. The number of hydrogen-bond donors (Lipinski definition) is 1. The summed E-state index contributed by atoms with van der Waals surface area (Å²) in [5.74, 6) is -0.150. The van der Waals surface area contributed by atoms with E-state index in [-0.39, 0.29) is 12.0 Å². The van der Waals surface area contributed by atoms with Crippen molar-refractivity contribution in [3.05, 3.63) is 78.0 Å². The average Bonchev–Trinajstić information content (AvgIpc) is 2.93. The lowest BCUT2D eigenvalue weighted by molar-refractivity contribution is -0.0655. The molecule has 23 heavy (non-hydrogen) atoms. The van der Waals surface area contributed by atoms with Gasteiger partial charge in [-0.25, -0.2) is 0 Å². The molecule has 0 amide bonds. The number of nitrogens with zero attached hydrogens (tertiary/aromatic N) is 3. The van der Waals surface area contributed by atoms with E-state index in [9.17, 15) is 5.21 Å². The zero-order valence-electron chi connectivity index (χ0n) is 13.0. The molecule has 1 heterocycles. The molecule has 1 aliphatic rings. The minimum absolute atomic E-state index is 0.0931. The van der Waals surface area contributed by atoms with Crippen LogP contribution < -0.4 is 5.01 Å². The van der Waals surface area contributed by atoms with Gasteiger partial charge < -0.3 is 0 Å². The van der Waals surface area contributed by atoms with Crippen LogP contribution in [0.2, 0.25) is 0 Å². The van der Waals surface area contributed by atoms with Crippen molar-refractivity contribution in [1.82, 2.24) is 5.17 Å². The van der Waals surface area contributed by atoms with Crippen LogP contribution in [0.25, 0.3) is 0 Å². The Morgan fingerprint density at radius 1 is 1.09 bits per heavy atom. The Bertz CT molecular complexity index is 721. The quantitative estimate of drug-likeness (QED) is 0.915. The van der Waals surface area contributed by atoms with Crippen molar-refractivity contribution in [2.75, 3.05) is 5.01 Å². The molecule has 116 valence electrons. The first kappa shape index (κ1) is 15.1. The fourth-order valence-electron chi connectivity index (χ4n) is 2.82. The maximum Gasteiger partial charge on any atom is 0.0981 e. The molecule has 2 unspecified atom stereocenters. The highest BCUT2D eigenvalue weighted by Crippen LogP contribution is 2.38. The fourth-order valence-corrected chi connectivity index (χ4v) is 2.82. The van der Waals surface area contributed by atoms with Gasteiger partial charge in [-0.05, 0) is 30.7 Å². The lowest BCUT2D eigenvalue weighted by Gasteiger charge is -2.33. The number of hydrazine groups is 1. The number of benzene rings is 2. The molecule has 1 N–H and O–H groups in total. The average molecular weight is 305 g/mol. The van der Waals surface area contributed by atoms with Crippen molar-refractivity contribution in [1.29, 1.82) is 5.26 Å². The Balaban J connectivity index is 1.99. The first-order valence-electron chi connectivity index (χ1n) is 7.69. The maximum atomic E-state index is 10.7. The molecule has 1 aliphatic heterocycles. The van der Waals surface area contributed by atoms with E-state index in [4.69, 9.17) is 5.26 Å². The van der Waals surface area contributed by atoms with Crippen LogP contribution in [-0.4, -0.2) is 10.4 Å². The number of hydroxylamine groups is 1. The van der Waals surface area contributed by atoms with Crippen molar-refractivity contribution >= 4 is 5.69 Å². The molecule has 2 aromatic carbocycles. The lowest BCUT2D eigenvalue weighted by atomic mass is 10.0. The Hall–Kier alpha value is -2.77. The Morgan fingerprint density at radius 2 is 1.70 bits per heavy atom. The highest BCUT2D eigenvalue weighted by Gasteiger charge is 2.33. The zero-order valence-corrected chi connectivity index (χ0v) is 13.0. The van der Waals surface area contributed by atoms with E-state index in [2.05, 4.69) is 6.07 Å². The highest BCUT2D eigenvalue weighted by atomic mass is 16.6. The third-order valence-corrected chi connectivity index (χ3v) is 3.97. The Kier molecular flexibility index (Phi) is 4.31. The molecule has 0 bridgehead atoms. The van der Waals surface area contributed by atoms with Gasteiger partial charge in [-0.2, -0.15) is 10.4 Å². The predicted octanol–water partition coefficient (Wildman–Crippen LogP) is 4.29. The van der Waals surface area contributed by atoms with Crippen molar-refractivity contribution in [2.24, 2.45) is 5.92 Å². The van der Waals surface area contributed by atoms with Crippen LogP contribution in [0.15, 0.2) is 72.4 Å². The van der Waals surface area contributed by atoms with Crippen LogP contribution in [0.5, 0.6) is 0 Å². The minimum atomic E-state index is -0.150. The van der Waals surface area contributed by atoms with Gasteiger partial charge in [0.25, 0.3) is 0 Å². The zero-order chi connectivity index (χ0) is 16.2. The van der Waals surface area contributed by atoms with E-state index in [0.29, 0.717) is 6.42 Å². The summed E-state index contributed by atoms with van der Waals surface area (Å²) < 4.78 is 0. The van der Waals surface area contributed by atoms with Gasteiger partial charge in [0.1, 0.15) is 0 Å². The van der Waals surface area contributed by atoms with Gasteiger partial charge in [0.15, 0.2) is 0 Å². The van der Waals surface area contributed by atoms with E-state index >= 15 is 0 Å². The molecule has 0 aromatic heterocycles. The second-order valence-corrected chi connectivity index (χ2v) is 5.72. The topological polar surface area (TPSA) is 50.5 Å². The second kappa shape index (κ2) is 6.55. The van der Waals surface area contributed by atoms with E-state index in [1.165, 1.54) is 5.17 Å². The molecule has 2 atom stereocenters. The van der Waals surface area contributed by atoms with E-state index in [0.717, 1.165) is 16.9 Å². The third kappa shape index (κ3) is 3.05. The first-order chi connectivity index (χ1) is 11.2. The number of anilines is 1. The molecule has 0 saturated carbocycles. The molecule has 2 aromatic rings. The summed E-state index contributed by atoms with van der Waals surface area (Å²) >= 11 is 0. The van der Waals surface area contributed by atoms with Gasteiger partial charge in [0.05, 0.1) is 23.5 Å². The van der Waals surface area contributed by atoms with Crippen molar-refractivity contribution in [3.63, 3.8) is 0 Å². The highest BCUT2D eigenvalue weighted by molar-refractivity contribution is 5.52. The van der Waals surface area contributed by atoms with Gasteiger partial charge in [0, 0.05) is 12.3 Å². The SMILES string of the molecule is CC(C#N)CC1=CC(c2ccccc2)N(c2ccccc2)N1O. The Labute approximate surface area is 136 Å². The summed E-state index contributed by atoms with van der Waals surface area (Å²) in [6, 6.07) is 21.9. The number of allylic oxidation sites excluding steroid dienone is 1. The van der Waals surface area contributed by atoms with Crippen LogP contribution in [0, 0.1) is 17.2 Å². The molecular weight excluding hydrogens is 286 g/mol. The number of para-hydroxylation sites is 1. The third-order valence-electron chi connectivity index (χ3n) is 3.97. The van der Waals surface area contributed by atoms with Crippen LogP contribution in [0.4, 0.5) is 5.69 Å². The summed E-state index contributed by atoms with van der Waals surface area (Å²) in [7, 11) is 0. The van der Waals surface area contributed by atoms with Gasteiger partial charge in [-0.1, -0.05) is 48.5 Å². The van der Waals surface area contributed by atoms with E-state index in [1.807, 2.05) is 78.7 Å². The van der Waals surface area contributed by atoms with Crippen LogP contribution in [-0.2, 0) is 0 Å². The van der Waals surface area contributed by atoms with Gasteiger partial charge in [-0.3, -0.25) is 10.2 Å². The molecular formula is C19H19N3O. The minimum Gasteiger partial charge on any atom is -0.269 e. The standard InChI is InChI=1S/C19H19N3O/c1-15(14-20)12-18-13-19(16-8-4-2-5-9-16)21(22(18)23)17-10-6-3-7-11-17/h2-11,13,15,19,23H,12H2,1H3. The van der Waals surface area contributed by atoms with Crippen LogP contribution in [0.3, 0.4) is 0 Å². The summed E-state index contributed by atoms with van der Waals surface area (Å²) in [6.45, 7) is 1.86. The number of nitriles is 1. The van der Waals surface area contributed by atoms with Crippen LogP contribution in [0.1, 0.15) is 24.9 Å². The first-order valence-corrected chi connectivity index (χ1v) is 7.69. The molecule has 0 aliphatic carbocycles. The lowest BCUT2D eigenvalue weighted by Crippen LogP contribution is -2.37. The maximum absolute atomic E-state index is 10.7. The van der Waals surface area contributed by atoms with E-state index < -0.39 is 0 Å². The summed E-state index contributed by atoms with van der Waals surface area (Å²) in [5.41, 5.74) is 2.74. The van der Waals surface area contributed by atoms with Gasteiger partial charge in [-0.15, -0.1) is 0 Å². The van der Waals surface area contributed by atoms with Gasteiger partial charge >= 0.3 is 0 Å². The normalized spacial score (nSPS) is 18.5. The summed E-state index contributed by atoms with van der Waals surface area (Å²) in [4.78, 5) is 0.